The van der Waals surface area contributed by atoms with Crippen molar-refractivity contribution in [3.05, 3.63) is 53.6 Å². The Bertz CT molecular complexity index is 910. The molecule has 0 saturated heterocycles. The maximum absolute atomic E-state index is 12.5. The van der Waals surface area contributed by atoms with Crippen molar-refractivity contribution in [1.82, 2.24) is 5.43 Å². The molecule has 3 N–H and O–H groups in total. The van der Waals surface area contributed by atoms with Gasteiger partial charge in [-0.15, -0.1) is 0 Å². The van der Waals surface area contributed by atoms with E-state index in [9.17, 15) is 8.42 Å². The molecule has 0 fully saturated rings. The summed E-state index contributed by atoms with van der Waals surface area (Å²) >= 11 is 4.65. The van der Waals surface area contributed by atoms with Gasteiger partial charge in [0.05, 0.1) is 12.8 Å². The first kappa shape index (κ1) is 19.7. The molecular formula is C17H19N3O4S2. The van der Waals surface area contributed by atoms with Crippen molar-refractivity contribution in [3.8, 4) is 11.5 Å². The molecule has 0 amide bonds. The summed E-state index contributed by atoms with van der Waals surface area (Å²) in [4.78, 5) is 0.0665. The fourth-order valence-corrected chi connectivity index (χ4v) is 2.98. The second-order valence-corrected chi connectivity index (χ2v) is 7.21. The van der Waals surface area contributed by atoms with Crippen molar-refractivity contribution in [1.29, 1.82) is 0 Å². The number of aryl methyl sites for hydroxylation is 1. The number of ether oxygens (including phenoxy) is 1. The molecule has 0 unspecified atom stereocenters. The van der Waals surface area contributed by atoms with Crippen molar-refractivity contribution in [2.75, 3.05) is 6.61 Å². The lowest BCUT2D eigenvalue weighted by molar-refractivity contribution is 0.327. The molecule has 2 rings (SSSR count). The molecule has 2 aromatic carbocycles. The summed E-state index contributed by atoms with van der Waals surface area (Å²) in [5.41, 5.74) is 9.32. The molecule has 0 radical (unpaired) electrons. The fourth-order valence-electron chi connectivity index (χ4n) is 1.98. The van der Waals surface area contributed by atoms with Crippen LogP contribution in [0.1, 0.15) is 18.1 Å². The van der Waals surface area contributed by atoms with Crippen LogP contribution >= 0.6 is 12.2 Å². The van der Waals surface area contributed by atoms with Crippen molar-refractivity contribution >= 4 is 33.7 Å². The summed E-state index contributed by atoms with van der Waals surface area (Å²) in [6, 6.07) is 11.1. The van der Waals surface area contributed by atoms with Gasteiger partial charge in [0, 0.05) is 0 Å². The summed E-state index contributed by atoms with van der Waals surface area (Å²) in [5, 5.41) is 3.88. The van der Waals surface area contributed by atoms with Crippen molar-refractivity contribution in [2.45, 2.75) is 18.7 Å². The van der Waals surface area contributed by atoms with Gasteiger partial charge in [-0.25, -0.2) is 0 Å². The van der Waals surface area contributed by atoms with Crippen molar-refractivity contribution in [2.24, 2.45) is 10.8 Å². The highest BCUT2D eigenvalue weighted by atomic mass is 32.2. The van der Waals surface area contributed by atoms with E-state index in [4.69, 9.17) is 14.7 Å². The molecule has 0 aliphatic heterocycles. The van der Waals surface area contributed by atoms with E-state index in [2.05, 4.69) is 22.7 Å². The van der Waals surface area contributed by atoms with Gasteiger partial charge in [-0.05, 0) is 62.0 Å². The number of benzene rings is 2. The monoisotopic (exact) mass is 393 g/mol. The second kappa shape index (κ2) is 8.63. The molecule has 0 aliphatic carbocycles. The average Bonchev–Trinajstić information content (AvgIpc) is 2.57. The van der Waals surface area contributed by atoms with Gasteiger partial charge in [0.25, 0.3) is 0 Å². The zero-order chi connectivity index (χ0) is 19.2. The van der Waals surface area contributed by atoms with E-state index in [-0.39, 0.29) is 21.5 Å². The van der Waals surface area contributed by atoms with E-state index < -0.39 is 10.1 Å². The number of hydrogen-bond acceptors (Lipinski definition) is 6. The van der Waals surface area contributed by atoms with Crippen LogP contribution in [0.4, 0.5) is 0 Å². The topological polar surface area (TPSA) is 103 Å². The predicted octanol–water partition coefficient (Wildman–Crippen LogP) is 2.33. The normalized spacial score (nSPS) is 11.3. The molecule has 0 atom stereocenters. The maximum Gasteiger partial charge on any atom is 0.339 e. The summed E-state index contributed by atoms with van der Waals surface area (Å²) < 4.78 is 35.7. The summed E-state index contributed by atoms with van der Waals surface area (Å²) in [6.07, 6.45) is 1.47. The lowest BCUT2D eigenvalue weighted by Gasteiger charge is -2.12. The van der Waals surface area contributed by atoms with Crippen LogP contribution in [0.25, 0.3) is 0 Å². The van der Waals surface area contributed by atoms with Crippen LogP contribution in [-0.2, 0) is 10.1 Å². The van der Waals surface area contributed by atoms with Gasteiger partial charge in [-0.3, -0.25) is 5.43 Å². The first-order chi connectivity index (χ1) is 12.3. The number of thiocarbonyl (C=S) groups is 1. The third kappa shape index (κ3) is 5.43. The smallest absolute Gasteiger partial charge is 0.339 e. The van der Waals surface area contributed by atoms with E-state index in [1.165, 1.54) is 24.4 Å². The van der Waals surface area contributed by atoms with Crippen LogP contribution in [-0.4, -0.2) is 26.4 Å². The van der Waals surface area contributed by atoms with Crippen LogP contribution in [0.15, 0.2) is 52.5 Å². The zero-order valence-corrected chi connectivity index (χ0v) is 15.9. The van der Waals surface area contributed by atoms with E-state index in [1.807, 2.05) is 6.92 Å². The number of nitrogens with one attached hydrogen (secondary N) is 1. The highest BCUT2D eigenvalue weighted by molar-refractivity contribution is 7.87. The molecule has 7 nitrogen and oxygen atoms in total. The maximum atomic E-state index is 12.5. The van der Waals surface area contributed by atoms with Gasteiger partial charge in [0.1, 0.15) is 4.90 Å². The number of hydrazone groups is 1. The van der Waals surface area contributed by atoms with Crippen LogP contribution in [0.2, 0.25) is 0 Å². The minimum atomic E-state index is -3.97. The number of rotatable bonds is 7. The summed E-state index contributed by atoms with van der Waals surface area (Å²) in [6.45, 7) is 4.00. The lowest BCUT2D eigenvalue weighted by Crippen LogP contribution is -2.23. The molecule has 0 spiro atoms. The minimum absolute atomic E-state index is 0.0374. The number of hydrogen-bond donors (Lipinski definition) is 2. The molecule has 0 aromatic heterocycles. The van der Waals surface area contributed by atoms with Gasteiger partial charge in [0.2, 0.25) is 0 Å². The molecule has 0 aliphatic rings. The Morgan fingerprint density at radius 3 is 2.54 bits per heavy atom. The second-order valence-electron chi connectivity index (χ2n) is 5.22. The average molecular weight is 393 g/mol. The molecule has 2 aromatic rings. The fraction of sp³-hybridized carbons (Fsp3) is 0.176. The standard InChI is InChI=1S/C17H19N3O4S2/c1-3-23-16-10-13(11-19-20-17(18)25)6-9-15(16)24-26(21,22)14-7-4-12(2)5-8-14/h4-11H,3H2,1-2H3,(H3,18,20,25)/b19-11-. The van der Waals surface area contributed by atoms with E-state index in [1.54, 1.807) is 31.2 Å². The first-order valence-corrected chi connectivity index (χ1v) is 9.50. The van der Waals surface area contributed by atoms with Gasteiger partial charge in [0.15, 0.2) is 16.6 Å². The van der Waals surface area contributed by atoms with Crippen molar-refractivity contribution < 1.29 is 17.3 Å². The largest absolute Gasteiger partial charge is 0.490 e. The van der Waals surface area contributed by atoms with Crippen LogP contribution < -0.4 is 20.1 Å². The Kier molecular flexibility index (Phi) is 6.53. The molecule has 138 valence electrons. The van der Waals surface area contributed by atoms with E-state index >= 15 is 0 Å². The molecule has 9 heteroatoms. The molecular weight excluding hydrogens is 374 g/mol. The third-order valence-corrected chi connectivity index (χ3v) is 4.50. The van der Waals surface area contributed by atoms with E-state index in [0.29, 0.717) is 12.2 Å². The first-order valence-electron chi connectivity index (χ1n) is 7.68. The van der Waals surface area contributed by atoms with Gasteiger partial charge < -0.3 is 14.7 Å². The van der Waals surface area contributed by atoms with Crippen LogP contribution in [0.3, 0.4) is 0 Å². The highest BCUT2D eigenvalue weighted by Gasteiger charge is 2.19. The number of nitrogens with zero attached hydrogens (tertiary/aromatic N) is 1. The van der Waals surface area contributed by atoms with Gasteiger partial charge in [-0.1, -0.05) is 17.7 Å². The molecule has 0 saturated carbocycles. The Hall–Kier alpha value is -2.65. The number of nitrogens with two attached hydrogens (primary N) is 1. The molecule has 0 heterocycles. The SMILES string of the molecule is CCOc1cc(/C=N\NC(N)=S)ccc1OS(=O)(=O)c1ccc(C)cc1. The summed E-state index contributed by atoms with van der Waals surface area (Å²) in [5.74, 6) is 0.370. The van der Waals surface area contributed by atoms with E-state index in [0.717, 1.165) is 5.56 Å². The minimum Gasteiger partial charge on any atom is -0.490 e. The Morgan fingerprint density at radius 2 is 1.92 bits per heavy atom. The van der Waals surface area contributed by atoms with Crippen LogP contribution in [0.5, 0.6) is 11.5 Å². The van der Waals surface area contributed by atoms with Crippen molar-refractivity contribution in [3.63, 3.8) is 0 Å². The third-order valence-electron chi connectivity index (χ3n) is 3.17. The Balaban J connectivity index is 2.28. The van der Waals surface area contributed by atoms with Gasteiger partial charge in [-0.2, -0.15) is 13.5 Å². The Morgan fingerprint density at radius 1 is 1.23 bits per heavy atom. The van der Waals surface area contributed by atoms with Gasteiger partial charge >= 0.3 is 10.1 Å². The molecule has 0 bridgehead atoms. The highest BCUT2D eigenvalue weighted by Crippen LogP contribution is 2.30. The predicted molar refractivity (Wildman–Crippen MR) is 104 cm³/mol. The quantitative estimate of drug-likeness (QED) is 0.322. The lowest BCUT2D eigenvalue weighted by atomic mass is 10.2. The molecule has 26 heavy (non-hydrogen) atoms. The Labute approximate surface area is 157 Å². The summed E-state index contributed by atoms with van der Waals surface area (Å²) in [7, 11) is -3.97. The zero-order valence-electron chi connectivity index (χ0n) is 14.3. The van der Waals surface area contributed by atoms with Crippen LogP contribution in [0, 0.1) is 6.92 Å².